The van der Waals surface area contributed by atoms with Crippen molar-refractivity contribution in [2.24, 2.45) is 0 Å². The van der Waals surface area contributed by atoms with Crippen molar-refractivity contribution in [3.63, 3.8) is 0 Å². The van der Waals surface area contributed by atoms with Crippen molar-refractivity contribution in [2.75, 3.05) is 0 Å². The summed E-state index contributed by atoms with van der Waals surface area (Å²) < 4.78 is 0. The van der Waals surface area contributed by atoms with E-state index in [1.54, 1.807) is 18.2 Å². The Kier molecular flexibility index (Phi) is 5.98. The lowest BCUT2D eigenvalue weighted by Crippen LogP contribution is -2.10. The van der Waals surface area contributed by atoms with E-state index in [0.29, 0.717) is 5.75 Å². The van der Waals surface area contributed by atoms with E-state index in [1.165, 1.54) is 11.1 Å². The van der Waals surface area contributed by atoms with Crippen LogP contribution in [0.1, 0.15) is 37.5 Å². The first-order valence-corrected chi connectivity index (χ1v) is 7.01. The van der Waals surface area contributed by atoms with Crippen LogP contribution in [0, 0.1) is 0 Å². The molecule has 0 aliphatic rings. The van der Waals surface area contributed by atoms with Crippen LogP contribution in [0.5, 0.6) is 5.75 Å². The molecule has 0 saturated carbocycles. The second-order valence-corrected chi connectivity index (χ2v) is 5.87. The molecule has 1 heteroatoms. The summed E-state index contributed by atoms with van der Waals surface area (Å²) in [6.45, 7) is 14.0. The molecule has 2 aromatic carbocycles. The highest BCUT2D eigenvalue weighted by atomic mass is 16.3. The van der Waals surface area contributed by atoms with Gasteiger partial charge in [-0.25, -0.2) is 0 Å². The number of hydrogen-bond acceptors (Lipinski definition) is 1. The molecule has 0 fully saturated rings. The minimum absolute atomic E-state index is 0.250. The van der Waals surface area contributed by atoms with E-state index in [-0.39, 0.29) is 5.41 Å². The van der Waals surface area contributed by atoms with Crippen LogP contribution in [0.25, 0.3) is 12.2 Å². The second kappa shape index (κ2) is 7.49. The van der Waals surface area contributed by atoms with Gasteiger partial charge in [0.1, 0.15) is 5.75 Å². The minimum atomic E-state index is 0.250. The van der Waals surface area contributed by atoms with E-state index in [2.05, 4.69) is 58.2 Å². The van der Waals surface area contributed by atoms with E-state index < -0.39 is 0 Å². The third kappa shape index (κ3) is 5.70. The molecule has 0 spiro atoms. The van der Waals surface area contributed by atoms with Crippen LogP contribution >= 0.6 is 0 Å². The quantitative estimate of drug-likeness (QED) is 0.752. The lowest BCUT2D eigenvalue weighted by molar-refractivity contribution is 0.475. The van der Waals surface area contributed by atoms with Crippen LogP contribution in [0.2, 0.25) is 0 Å². The fraction of sp³-hybridized carbons (Fsp3) is 0.200. The van der Waals surface area contributed by atoms with Gasteiger partial charge in [0, 0.05) is 0 Å². The van der Waals surface area contributed by atoms with Crippen molar-refractivity contribution in [3.8, 4) is 5.75 Å². The first-order valence-electron chi connectivity index (χ1n) is 7.01. The molecule has 0 atom stereocenters. The number of hydrogen-bond donors (Lipinski definition) is 1. The number of phenolic OH excluding ortho intramolecular Hbond substituents is 1. The molecule has 0 aliphatic heterocycles. The van der Waals surface area contributed by atoms with Gasteiger partial charge < -0.3 is 5.11 Å². The molecule has 1 nitrogen and oxygen atoms in total. The van der Waals surface area contributed by atoms with Gasteiger partial charge >= 0.3 is 0 Å². The van der Waals surface area contributed by atoms with E-state index in [0.717, 1.165) is 5.56 Å². The molecular weight excluding hydrogens is 256 g/mol. The minimum Gasteiger partial charge on any atom is -0.508 e. The van der Waals surface area contributed by atoms with Crippen molar-refractivity contribution in [1.82, 2.24) is 0 Å². The second-order valence-electron chi connectivity index (χ2n) is 5.87. The number of phenols is 1. The van der Waals surface area contributed by atoms with Gasteiger partial charge in [-0.15, -0.1) is 0 Å². The molecule has 0 unspecified atom stereocenters. The van der Waals surface area contributed by atoms with Crippen LogP contribution in [0.4, 0.5) is 0 Å². The van der Waals surface area contributed by atoms with Gasteiger partial charge in [-0.05, 0) is 34.2 Å². The molecule has 0 aromatic heterocycles. The Hall–Kier alpha value is -2.28. The summed E-state index contributed by atoms with van der Waals surface area (Å²) in [5.41, 5.74) is 3.82. The molecule has 21 heavy (non-hydrogen) atoms. The van der Waals surface area contributed by atoms with Crippen molar-refractivity contribution in [3.05, 3.63) is 78.4 Å². The van der Waals surface area contributed by atoms with Crippen molar-refractivity contribution in [2.45, 2.75) is 26.2 Å². The van der Waals surface area contributed by atoms with Crippen LogP contribution in [-0.2, 0) is 5.41 Å². The molecule has 110 valence electrons. The highest BCUT2D eigenvalue weighted by Gasteiger charge is 2.12. The predicted molar refractivity (Wildman–Crippen MR) is 93.4 cm³/mol. The van der Waals surface area contributed by atoms with Crippen LogP contribution in [0.15, 0.2) is 61.7 Å². The molecule has 0 saturated heterocycles. The Morgan fingerprint density at radius 3 is 1.48 bits per heavy atom. The van der Waals surface area contributed by atoms with Crippen molar-refractivity contribution < 1.29 is 5.11 Å². The summed E-state index contributed by atoms with van der Waals surface area (Å²) >= 11 is 0. The van der Waals surface area contributed by atoms with Crippen molar-refractivity contribution in [1.29, 1.82) is 0 Å². The monoisotopic (exact) mass is 280 g/mol. The zero-order chi connectivity index (χ0) is 15.9. The fourth-order valence-electron chi connectivity index (χ4n) is 1.73. The van der Waals surface area contributed by atoms with Gasteiger partial charge in [0.25, 0.3) is 0 Å². The number of rotatable bonds is 2. The van der Waals surface area contributed by atoms with Gasteiger partial charge in [0.05, 0.1) is 0 Å². The largest absolute Gasteiger partial charge is 0.508 e. The van der Waals surface area contributed by atoms with Crippen LogP contribution in [-0.4, -0.2) is 5.11 Å². The zero-order valence-electron chi connectivity index (χ0n) is 13.1. The standard InChI is InChI=1S/C12H16.C8H8O/c1-5-10-6-8-11(9-7-10)12(2,3)4;1-2-7-3-5-8(9)6-4-7/h5-9H,1H2,2-4H3;2-6,9H,1H2. The fourth-order valence-corrected chi connectivity index (χ4v) is 1.73. The molecule has 0 heterocycles. The van der Waals surface area contributed by atoms with Crippen molar-refractivity contribution >= 4 is 12.2 Å². The molecule has 2 aromatic rings. The lowest BCUT2D eigenvalue weighted by Gasteiger charge is -2.18. The first kappa shape index (κ1) is 16.8. The number of benzene rings is 2. The average Bonchev–Trinajstić information content (AvgIpc) is 2.48. The Balaban J connectivity index is 0.000000219. The van der Waals surface area contributed by atoms with E-state index in [9.17, 15) is 0 Å². The molecule has 1 N–H and O–H groups in total. The maximum absolute atomic E-state index is 8.82. The highest BCUT2D eigenvalue weighted by molar-refractivity contribution is 5.48. The van der Waals surface area contributed by atoms with E-state index in [1.807, 2.05) is 18.2 Å². The smallest absolute Gasteiger partial charge is 0.115 e. The van der Waals surface area contributed by atoms with Gasteiger partial charge in [-0.3, -0.25) is 0 Å². The SMILES string of the molecule is C=Cc1ccc(C(C)(C)C)cc1.C=Cc1ccc(O)cc1. The Bertz CT molecular complexity index is 569. The molecule has 0 bridgehead atoms. The summed E-state index contributed by atoms with van der Waals surface area (Å²) in [5.74, 6) is 0.292. The molecule has 2 rings (SSSR count). The summed E-state index contributed by atoms with van der Waals surface area (Å²) in [5, 5.41) is 8.82. The van der Waals surface area contributed by atoms with Crippen LogP contribution in [0.3, 0.4) is 0 Å². The topological polar surface area (TPSA) is 20.2 Å². The maximum Gasteiger partial charge on any atom is 0.115 e. The van der Waals surface area contributed by atoms with E-state index in [4.69, 9.17) is 5.11 Å². The average molecular weight is 280 g/mol. The molecule has 0 radical (unpaired) electrons. The highest BCUT2D eigenvalue weighted by Crippen LogP contribution is 2.22. The Labute approximate surface area is 128 Å². The number of aromatic hydroxyl groups is 1. The third-order valence-electron chi connectivity index (χ3n) is 3.14. The summed E-state index contributed by atoms with van der Waals surface area (Å²) in [6, 6.07) is 15.4. The van der Waals surface area contributed by atoms with Gasteiger partial charge in [0.2, 0.25) is 0 Å². The third-order valence-corrected chi connectivity index (χ3v) is 3.14. The summed E-state index contributed by atoms with van der Waals surface area (Å²) in [6.07, 6.45) is 3.60. The Morgan fingerprint density at radius 2 is 1.14 bits per heavy atom. The molecular formula is C20H24O. The maximum atomic E-state index is 8.82. The van der Waals surface area contributed by atoms with Gasteiger partial charge in [-0.1, -0.05) is 82.5 Å². The van der Waals surface area contributed by atoms with Crippen LogP contribution < -0.4 is 0 Å². The first-order chi connectivity index (χ1) is 9.86. The summed E-state index contributed by atoms with van der Waals surface area (Å²) in [4.78, 5) is 0. The van der Waals surface area contributed by atoms with Gasteiger partial charge in [0.15, 0.2) is 0 Å². The normalized spacial score (nSPS) is 10.2. The molecule has 0 aliphatic carbocycles. The summed E-state index contributed by atoms with van der Waals surface area (Å²) in [7, 11) is 0. The van der Waals surface area contributed by atoms with E-state index >= 15 is 0 Å². The lowest BCUT2D eigenvalue weighted by atomic mass is 9.87. The zero-order valence-corrected chi connectivity index (χ0v) is 13.1. The predicted octanol–water partition coefficient (Wildman–Crippen LogP) is 5.66. The Morgan fingerprint density at radius 1 is 0.762 bits per heavy atom. The van der Waals surface area contributed by atoms with Gasteiger partial charge in [-0.2, -0.15) is 0 Å². The molecule has 0 amide bonds.